The molecule has 3 aromatic heterocycles. The van der Waals surface area contributed by atoms with E-state index >= 15 is 0 Å². The fourth-order valence-electron chi connectivity index (χ4n) is 3.08. The lowest BCUT2D eigenvalue weighted by Crippen LogP contribution is -2.25. The molecule has 0 bridgehead atoms. The predicted octanol–water partition coefficient (Wildman–Crippen LogP) is 5.01. The van der Waals surface area contributed by atoms with E-state index in [2.05, 4.69) is 31.7 Å². The van der Waals surface area contributed by atoms with E-state index in [1.807, 2.05) is 42.6 Å². The lowest BCUT2D eigenvalue weighted by atomic mass is 10.0. The van der Waals surface area contributed by atoms with Gasteiger partial charge in [0.15, 0.2) is 5.65 Å². The summed E-state index contributed by atoms with van der Waals surface area (Å²) in [4.78, 5) is 18.3. The van der Waals surface area contributed by atoms with Gasteiger partial charge in [-0.05, 0) is 73.0 Å². The van der Waals surface area contributed by atoms with E-state index < -0.39 is 0 Å². The van der Waals surface area contributed by atoms with Crippen molar-refractivity contribution in [3.63, 3.8) is 0 Å². The van der Waals surface area contributed by atoms with Crippen LogP contribution in [0, 0.1) is 6.92 Å². The van der Waals surface area contributed by atoms with Crippen molar-refractivity contribution < 1.29 is 4.79 Å². The van der Waals surface area contributed by atoms with Gasteiger partial charge >= 0.3 is 0 Å². The molecule has 0 atom stereocenters. The number of H-pyrrole nitrogens is 1. The molecule has 3 heterocycles. The number of pyridine rings is 1. The van der Waals surface area contributed by atoms with E-state index in [1.165, 1.54) is 11.9 Å². The summed E-state index contributed by atoms with van der Waals surface area (Å²) in [5.74, 6) is 0.802. The molecule has 5 rings (SSSR count). The van der Waals surface area contributed by atoms with Crippen molar-refractivity contribution in [2.24, 2.45) is 0 Å². The summed E-state index contributed by atoms with van der Waals surface area (Å²) in [6.07, 6.45) is 2.14. The minimum atomic E-state index is -0.0217. The van der Waals surface area contributed by atoms with Crippen molar-refractivity contribution in [1.82, 2.24) is 20.5 Å². The van der Waals surface area contributed by atoms with Crippen LogP contribution >= 0.6 is 23.3 Å². The fraction of sp³-hybridized carbons (Fsp3) is 0.190. The molecule has 0 unspecified atom stereocenters. The predicted molar refractivity (Wildman–Crippen MR) is 118 cm³/mol. The second kappa shape index (κ2) is 7.53. The first-order valence-corrected chi connectivity index (χ1v) is 11.2. The maximum Gasteiger partial charge on any atom is 0.251 e. The number of hydrogen-bond acceptors (Lipinski definition) is 6. The maximum atomic E-state index is 12.4. The third-order valence-electron chi connectivity index (χ3n) is 4.87. The van der Waals surface area contributed by atoms with Gasteiger partial charge in [0, 0.05) is 27.4 Å². The van der Waals surface area contributed by atoms with E-state index in [-0.39, 0.29) is 5.91 Å². The van der Waals surface area contributed by atoms with Crippen LogP contribution in [0.5, 0.6) is 0 Å². The number of benzene rings is 1. The molecule has 1 fully saturated rings. The van der Waals surface area contributed by atoms with E-state index in [9.17, 15) is 4.79 Å². The van der Waals surface area contributed by atoms with Crippen LogP contribution in [-0.2, 0) is 0 Å². The molecule has 1 saturated carbocycles. The molecular weight excluding hydrogens is 402 g/mol. The fourth-order valence-corrected chi connectivity index (χ4v) is 4.55. The van der Waals surface area contributed by atoms with Gasteiger partial charge in [-0.2, -0.15) is 16.4 Å². The number of thiophene rings is 1. The lowest BCUT2D eigenvalue weighted by molar-refractivity contribution is 0.0951. The van der Waals surface area contributed by atoms with Gasteiger partial charge in [-0.25, -0.2) is 4.98 Å². The maximum absolute atomic E-state index is 12.4. The molecule has 0 spiro atoms. The topological polar surface area (TPSA) is 82.7 Å². The zero-order valence-corrected chi connectivity index (χ0v) is 17.4. The summed E-state index contributed by atoms with van der Waals surface area (Å²) in [7, 11) is 0. The number of amides is 1. The molecule has 0 radical (unpaired) electrons. The number of aryl methyl sites for hydroxylation is 1. The molecule has 6 nitrogen and oxygen atoms in total. The average Bonchev–Trinajstić information content (AvgIpc) is 3.23. The molecule has 29 heavy (non-hydrogen) atoms. The van der Waals surface area contributed by atoms with Crippen molar-refractivity contribution in [2.75, 3.05) is 4.72 Å². The van der Waals surface area contributed by atoms with E-state index in [1.54, 1.807) is 11.3 Å². The first-order valence-electron chi connectivity index (χ1n) is 9.39. The van der Waals surface area contributed by atoms with Crippen LogP contribution in [0.15, 0.2) is 52.1 Å². The third-order valence-corrected chi connectivity index (χ3v) is 6.50. The van der Waals surface area contributed by atoms with Gasteiger partial charge in [0.05, 0.1) is 11.1 Å². The van der Waals surface area contributed by atoms with Gasteiger partial charge in [0.1, 0.15) is 5.82 Å². The largest absolute Gasteiger partial charge is 0.349 e. The number of nitrogens with one attached hydrogen (secondary N) is 3. The molecule has 0 saturated heterocycles. The first kappa shape index (κ1) is 18.2. The SMILES string of the molecule is Cc1ccc(C(=O)NC2CC2)cc1-c1ccc2c(NSc3ccsc3)[nH]nc2n1. The van der Waals surface area contributed by atoms with Gasteiger partial charge in [-0.1, -0.05) is 6.07 Å². The molecule has 1 aliphatic carbocycles. The summed E-state index contributed by atoms with van der Waals surface area (Å²) in [6.45, 7) is 2.03. The van der Waals surface area contributed by atoms with Crippen molar-refractivity contribution in [2.45, 2.75) is 30.7 Å². The molecule has 8 heteroatoms. The second-order valence-electron chi connectivity index (χ2n) is 7.11. The second-order valence-corrected chi connectivity index (χ2v) is 8.77. The van der Waals surface area contributed by atoms with Crippen molar-refractivity contribution in [3.05, 3.63) is 58.3 Å². The van der Waals surface area contributed by atoms with Crippen LogP contribution in [0.4, 0.5) is 5.82 Å². The number of aromatic amines is 1. The van der Waals surface area contributed by atoms with Crippen LogP contribution < -0.4 is 10.0 Å². The molecule has 1 aliphatic rings. The molecule has 1 amide bonds. The van der Waals surface area contributed by atoms with Crippen molar-refractivity contribution in [3.8, 4) is 11.3 Å². The molecular formula is C21H19N5OS2. The number of anilines is 1. The Kier molecular flexibility index (Phi) is 4.73. The summed E-state index contributed by atoms with van der Waals surface area (Å²) in [6, 6.07) is 12.1. The van der Waals surface area contributed by atoms with Gasteiger partial charge in [0.25, 0.3) is 5.91 Å². The van der Waals surface area contributed by atoms with Crippen LogP contribution in [-0.4, -0.2) is 27.1 Å². The van der Waals surface area contributed by atoms with E-state index in [0.717, 1.165) is 45.8 Å². The summed E-state index contributed by atoms with van der Waals surface area (Å²) >= 11 is 3.20. The highest BCUT2D eigenvalue weighted by molar-refractivity contribution is 8.00. The normalized spacial score (nSPS) is 13.6. The lowest BCUT2D eigenvalue weighted by Gasteiger charge is -2.09. The Morgan fingerprint density at radius 2 is 2.14 bits per heavy atom. The third kappa shape index (κ3) is 3.86. The highest BCUT2D eigenvalue weighted by Crippen LogP contribution is 2.30. The van der Waals surface area contributed by atoms with Crippen LogP contribution in [0.25, 0.3) is 22.3 Å². The minimum Gasteiger partial charge on any atom is -0.349 e. The molecule has 1 aromatic carbocycles. The van der Waals surface area contributed by atoms with Crippen LogP contribution in [0.1, 0.15) is 28.8 Å². The Labute approximate surface area is 176 Å². The Morgan fingerprint density at radius 3 is 2.93 bits per heavy atom. The number of aromatic nitrogens is 3. The Hall–Kier alpha value is -2.84. The smallest absolute Gasteiger partial charge is 0.251 e. The van der Waals surface area contributed by atoms with Gasteiger partial charge in [-0.3, -0.25) is 9.89 Å². The molecule has 0 aliphatic heterocycles. The van der Waals surface area contributed by atoms with Crippen LogP contribution in [0.3, 0.4) is 0 Å². The first-order chi connectivity index (χ1) is 14.2. The molecule has 146 valence electrons. The summed E-state index contributed by atoms with van der Waals surface area (Å²) < 4.78 is 3.30. The van der Waals surface area contributed by atoms with Gasteiger partial charge in [0.2, 0.25) is 0 Å². The Balaban J connectivity index is 1.42. The number of carbonyl (C=O) groups excluding carboxylic acids is 1. The minimum absolute atomic E-state index is 0.0217. The number of fused-ring (bicyclic) bond motifs is 1. The zero-order chi connectivity index (χ0) is 19.8. The van der Waals surface area contributed by atoms with Gasteiger partial charge < -0.3 is 10.0 Å². The number of carbonyl (C=O) groups is 1. The quantitative estimate of drug-likeness (QED) is 0.381. The monoisotopic (exact) mass is 421 g/mol. The van der Waals surface area contributed by atoms with E-state index in [0.29, 0.717) is 17.3 Å². The average molecular weight is 422 g/mol. The van der Waals surface area contributed by atoms with Crippen molar-refractivity contribution >= 4 is 46.0 Å². The number of rotatable bonds is 6. The Bertz CT molecular complexity index is 1180. The highest BCUT2D eigenvalue weighted by atomic mass is 32.2. The zero-order valence-electron chi connectivity index (χ0n) is 15.7. The van der Waals surface area contributed by atoms with E-state index in [4.69, 9.17) is 4.98 Å². The highest BCUT2D eigenvalue weighted by Gasteiger charge is 2.24. The standard InChI is InChI=1S/C21H19N5OS2/c1-12-2-3-13(21(27)22-14-4-5-14)10-17(12)18-7-6-16-19(23-18)24-25-20(16)26-29-15-8-9-28-11-15/h2-3,6-11,14H,4-5H2,1H3,(H,22,27)(H2,23,24,25,26). The number of nitrogens with zero attached hydrogens (tertiary/aromatic N) is 2. The number of hydrogen-bond donors (Lipinski definition) is 3. The van der Waals surface area contributed by atoms with Crippen molar-refractivity contribution in [1.29, 1.82) is 0 Å². The summed E-state index contributed by atoms with van der Waals surface area (Å²) in [5.41, 5.74) is 4.13. The Morgan fingerprint density at radius 1 is 1.24 bits per heavy atom. The molecule has 3 N–H and O–H groups in total. The molecule has 4 aromatic rings. The summed E-state index contributed by atoms with van der Waals surface area (Å²) in [5, 5.41) is 15.5. The van der Waals surface area contributed by atoms with Gasteiger partial charge in [-0.15, -0.1) is 0 Å². The van der Waals surface area contributed by atoms with Crippen LogP contribution in [0.2, 0.25) is 0 Å².